The van der Waals surface area contributed by atoms with Gasteiger partial charge in [0.15, 0.2) is 4.96 Å². The summed E-state index contributed by atoms with van der Waals surface area (Å²) in [5.41, 5.74) is 1.50. The van der Waals surface area contributed by atoms with Gasteiger partial charge in [-0.1, -0.05) is 29.3 Å². The van der Waals surface area contributed by atoms with Crippen molar-refractivity contribution < 1.29 is 0 Å². The van der Waals surface area contributed by atoms with E-state index in [0.717, 1.165) is 11.3 Å². The van der Waals surface area contributed by atoms with Crippen LogP contribution in [0.5, 0.6) is 0 Å². The second kappa shape index (κ2) is 4.39. The smallest absolute Gasteiger partial charge is 0.258 e. The Balaban J connectivity index is 2.32. The van der Waals surface area contributed by atoms with Crippen molar-refractivity contribution in [2.75, 3.05) is 0 Å². The van der Waals surface area contributed by atoms with Gasteiger partial charge in [0, 0.05) is 23.2 Å². The van der Waals surface area contributed by atoms with Crippen LogP contribution < -0.4 is 5.56 Å². The Hall–Kier alpha value is -1.36. The fourth-order valence-electron chi connectivity index (χ4n) is 1.71. The van der Waals surface area contributed by atoms with E-state index in [1.54, 1.807) is 16.5 Å². The number of hydrogen-bond donors (Lipinski definition) is 0. The van der Waals surface area contributed by atoms with Crippen LogP contribution in [0, 0.1) is 0 Å². The normalized spacial score (nSPS) is 11.0. The molecule has 0 saturated carbocycles. The molecule has 0 fully saturated rings. The lowest BCUT2D eigenvalue weighted by Crippen LogP contribution is -2.11. The molecule has 2 heterocycles. The lowest BCUT2D eigenvalue weighted by Gasteiger charge is -2.02. The van der Waals surface area contributed by atoms with E-state index in [1.807, 2.05) is 11.4 Å². The monoisotopic (exact) mass is 296 g/mol. The first-order valence-electron chi connectivity index (χ1n) is 5.07. The third-order valence-electron chi connectivity index (χ3n) is 2.55. The highest BCUT2D eigenvalue weighted by molar-refractivity contribution is 7.15. The van der Waals surface area contributed by atoms with Crippen molar-refractivity contribution in [2.24, 2.45) is 0 Å². The molecule has 0 amide bonds. The number of rotatable bonds is 1. The Morgan fingerprint density at radius 2 is 2.00 bits per heavy atom. The van der Waals surface area contributed by atoms with Gasteiger partial charge in [-0.3, -0.25) is 9.20 Å². The van der Waals surface area contributed by atoms with Crippen molar-refractivity contribution in [3.63, 3.8) is 0 Å². The predicted octanol–water partition coefficient (Wildman–Crippen LogP) is 3.73. The molecule has 6 heteroatoms. The van der Waals surface area contributed by atoms with Crippen LogP contribution in [0.3, 0.4) is 0 Å². The zero-order valence-electron chi connectivity index (χ0n) is 8.93. The Morgan fingerprint density at radius 1 is 1.17 bits per heavy atom. The molecule has 0 unspecified atom stereocenters. The molecular weight excluding hydrogens is 291 g/mol. The lowest BCUT2D eigenvalue weighted by atomic mass is 10.2. The molecule has 3 nitrogen and oxygen atoms in total. The van der Waals surface area contributed by atoms with Gasteiger partial charge < -0.3 is 0 Å². The zero-order valence-corrected chi connectivity index (χ0v) is 11.3. The molecule has 0 atom stereocenters. The molecule has 2 aromatic heterocycles. The van der Waals surface area contributed by atoms with Gasteiger partial charge >= 0.3 is 0 Å². The number of aromatic nitrogens is 2. The van der Waals surface area contributed by atoms with Crippen LogP contribution in [-0.2, 0) is 0 Å². The maximum absolute atomic E-state index is 11.9. The molecule has 3 aromatic rings. The molecule has 3 rings (SSSR count). The van der Waals surface area contributed by atoms with Gasteiger partial charge in [0.1, 0.15) is 0 Å². The zero-order chi connectivity index (χ0) is 12.7. The molecule has 18 heavy (non-hydrogen) atoms. The van der Waals surface area contributed by atoms with Crippen LogP contribution in [0.2, 0.25) is 10.0 Å². The van der Waals surface area contributed by atoms with E-state index >= 15 is 0 Å². The minimum absolute atomic E-state index is 0.109. The van der Waals surface area contributed by atoms with Crippen molar-refractivity contribution in [1.29, 1.82) is 0 Å². The van der Waals surface area contributed by atoms with Crippen LogP contribution in [0.15, 0.2) is 40.6 Å². The van der Waals surface area contributed by atoms with E-state index in [1.165, 1.54) is 23.6 Å². The summed E-state index contributed by atoms with van der Waals surface area (Å²) in [6.45, 7) is 0. The first-order chi connectivity index (χ1) is 8.66. The predicted molar refractivity (Wildman–Crippen MR) is 74.8 cm³/mol. The standard InChI is InChI=1S/C12H6Cl2N2OS/c13-8-2-1-7(5-9(8)14)10-6-18-12-15-4-3-11(17)16(10)12/h1-6H. The molecule has 0 aliphatic heterocycles. The molecule has 0 N–H and O–H groups in total. The Labute approximate surface area is 116 Å². The highest BCUT2D eigenvalue weighted by Gasteiger charge is 2.09. The Bertz CT molecular complexity index is 794. The van der Waals surface area contributed by atoms with Crippen molar-refractivity contribution in [3.8, 4) is 11.3 Å². The van der Waals surface area contributed by atoms with Crippen LogP contribution in [0.4, 0.5) is 0 Å². The van der Waals surface area contributed by atoms with Crippen molar-refractivity contribution >= 4 is 39.5 Å². The Kier molecular flexibility index (Phi) is 2.86. The molecule has 0 aliphatic rings. The van der Waals surface area contributed by atoms with Crippen LogP contribution in [-0.4, -0.2) is 9.38 Å². The van der Waals surface area contributed by atoms with Gasteiger partial charge in [-0.25, -0.2) is 4.98 Å². The first kappa shape index (κ1) is 11.7. The summed E-state index contributed by atoms with van der Waals surface area (Å²) in [6, 6.07) is 6.71. The summed E-state index contributed by atoms with van der Waals surface area (Å²) in [5.74, 6) is 0. The Morgan fingerprint density at radius 3 is 2.78 bits per heavy atom. The van der Waals surface area contributed by atoms with E-state index in [2.05, 4.69) is 4.98 Å². The van der Waals surface area contributed by atoms with Gasteiger partial charge in [-0.2, -0.15) is 0 Å². The SMILES string of the molecule is O=c1ccnc2scc(-c3ccc(Cl)c(Cl)c3)n12. The second-order valence-corrected chi connectivity index (χ2v) is 5.30. The fourth-order valence-corrected chi connectivity index (χ4v) is 2.88. The topological polar surface area (TPSA) is 34.4 Å². The van der Waals surface area contributed by atoms with Gasteiger partial charge in [0.05, 0.1) is 15.7 Å². The first-order valence-corrected chi connectivity index (χ1v) is 6.71. The minimum atomic E-state index is -0.109. The third-order valence-corrected chi connectivity index (χ3v) is 4.12. The number of thiazole rings is 1. The molecular formula is C12H6Cl2N2OS. The average molecular weight is 297 g/mol. The molecule has 1 aromatic carbocycles. The van der Waals surface area contributed by atoms with E-state index in [0.29, 0.717) is 15.0 Å². The number of hydrogen-bond acceptors (Lipinski definition) is 3. The van der Waals surface area contributed by atoms with Gasteiger partial charge in [-0.05, 0) is 12.1 Å². The van der Waals surface area contributed by atoms with Gasteiger partial charge in [0.2, 0.25) is 0 Å². The fraction of sp³-hybridized carbons (Fsp3) is 0. The highest BCUT2D eigenvalue weighted by Crippen LogP contribution is 2.29. The molecule has 0 radical (unpaired) electrons. The maximum atomic E-state index is 11.9. The summed E-state index contributed by atoms with van der Waals surface area (Å²) in [6.07, 6.45) is 1.51. The quantitative estimate of drug-likeness (QED) is 0.686. The minimum Gasteiger partial charge on any atom is -0.269 e. The van der Waals surface area contributed by atoms with Crippen molar-refractivity contribution in [2.45, 2.75) is 0 Å². The summed E-state index contributed by atoms with van der Waals surface area (Å²) in [5, 5.41) is 2.83. The maximum Gasteiger partial charge on any atom is 0.258 e. The summed E-state index contributed by atoms with van der Waals surface area (Å²) in [4.78, 5) is 16.7. The third kappa shape index (κ3) is 1.82. The van der Waals surface area contributed by atoms with Crippen molar-refractivity contribution in [3.05, 3.63) is 56.2 Å². The van der Waals surface area contributed by atoms with Crippen molar-refractivity contribution in [1.82, 2.24) is 9.38 Å². The summed E-state index contributed by atoms with van der Waals surface area (Å²) in [7, 11) is 0. The highest BCUT2D eigenvalue weighted by atomic mass is 35.5. The van der Waals surface area contributed by atoms with E-state index in [9.17, 15) is 4.79 Å². The molecule has 0 bridgehead atoms. The van der Waals surface area contributed by atoms with E-state index in [-0.39, 0.29) is 5.56 Å². The number of halogens is 2. The van der Waals surface area contributed by atoms with Gasteiger partial charge in [0.25, 0.3) is 5.56 Å². The van der Waals surface area contributed by atoms with Crippen LogP contribution in [0.1, 0.15) is 0 Å². The summed E-state index contributed by atoms with van der Waals surface area (Å²) < 4.78 is 1.56. The largest absolute Gasteiger partial charge is 0.269 e. The molecule has 0 saturated heterocycles. The molecule has 0 aliphatic carbocycles. The summed E-state index contributed by atoms with van der Waals surface area (Å²) >= 11 is 13.3. The van der Waals surface area contributed by atoms with Gasteiger partial charge in [-0.15, -0.1) is 11.3 Å². The second-order valence-electron chi connectivity index (χ2n) is 3.65. The lowest BCUT2D eigenvalue weighted by molar-refractivity contribution is 1.08. The number of fused-ring (bicyclic) bond motifs is 1. The molecule has 0 spiro atoms. The number of nitrogens with zero attached hydrogens (tertiary/aromatic N) is 2. The van der Waals surface area contributed by atoms with Crippen LogP contribution in [0.25, 0.3) is 16.2 Å². The average Bonchev–Trinajstić information content (AvgIpc) is 2.78. The van der Waals surface area contributed by atoms with E-state index in [4.69, 9.17) is 23.2 Å². The van der Waals surface area contributed by atoms with E-state index < -0.39 is 0 Å². The van der Waals surface area contributed by atoms with Crippen LogP contribution >= 0.6 is 34.5 Å². The molecule has 90 valence electrons. The number of benzene rings is 1.